The third-order valence-electron chi connectivity index (χ3n) is 4.29. The average molecular weight is 397 g/mol. The fourth-order valence-corrected chi connectivity index (χ4v) is 3.41. The number of nitrogens with one attached hydrogen (secondary N) is 1. The number of anilines is 1. The monoisotopic (exact) mass is 396 g/mol. The summed E-state index contributed by atoms with van der Waals surface area (Å²) in [6.45, 7) is 3.75. The highest BCUT2D eigenvalue weighted by molar-refractivity contribution is 9.10. The van der Waals surface area contributed by atoms with Crippen molar-refractivity contribution in [3.63, 3.8) is 0 Å². The first-order valence-electron chi connectivity index (χ1n) is 7.91. The molecule has 1 aromatic carbocycles. The Balaban J connectivity index is 2.14. The number of rotatable bonds is 6. The minimum Gasteiger partial charge on any atom is -0.480 e. The van der Waals surface area contributed by atoms with E-state index in [4.69, 9.17) is 0 Å². The molecule has 0 bridgehead atoms. The molecule has 2 rings (SSSR count). The van der Waals surface area contributed by atoms with Gasteiger partial charge in [0.25, 0.3) is 0 Å². The molecule has 0 saturated carbocycles. The molecule has 0 aliphatic carbocycles. The molecule has 1 saturated heterocycles. The summed E-state index contributed by atoms with van der Waals surface area (Å²) in [6.07, 6.45) is 1.29. The van der Waals surface area contributed by atoms with Crippen molar-refractivity contribution in [3.05, 3.63) is 28.7 Å². The van der Waals surface area contributed by atoms with E-state index in [2.05, 4.69) is 21.2 Å². The van der Waals surface area contributed by atoms with Gasteiger partial charge < -0.3 is 15.3 Å². The van der Waals surface area contributed by atoms with Gasteiger partial charge in [-0.25, -0.2) is 4.79 Å². The Kier molecular flexibility index (Phi) is 5.64. The number of carboxylic acid groups (broad SMARTS) is 1. The SMILES string of the molecule is CCCC(C)(NC(=O)C1CCN(c2ccccc2Br)C1=O)C(=O)O. The summed E-state index contributed by atoms with van der Waals surface area (Å²) in [7, 11) is 0. The van der Waals surface area contributed by atoms with Crippen LogP contribution in [0.1, 0.15) is 33.1 Å². The second-order valence-corrected chi connectivity index (χ2v) is 7.01. The van der Waals surface area contributed by atoms with Gasteiger partial charge in [-0.05, 0) is 47.8 Å². The van der Waals surface area contributed by atoms with Crippen LogP contribution in [0.3, 0.4) is 0 Å². The van der Waals surface area contributed by atoms with Crippen molar-refractivity contribution in [1.82, 2.24) is 5.32 Å². The van der Waals surface area contributed by atoms with Gasteiger partial charge in [-0.1, -0.05) is 25.5 Å². The fraction of sp³-hybridized carbons (Fsp3) is 0.471. The van der Waals surface area contributed by atoms with Crippen LogP contribution in [0.15, 0.2) is 28.7 Å². The smallest absolute Gasteiger partial charge is 0.329 e. The number of hydrogen-bond donors (Lipinski definition) is 2. The normalized spacial score (nSPS) is 19.9. The maximum atomic E-state index is 12.6. The van der Waals surface area contributed by atoms with E-state index in [0.717, 1.165) is 4.47 Å². The summed E-state index contributed by atoms with van der Waals surface area (Å²) >= 11 is 3.41. The number of hydrogen-bond acceptors (Lipinski definition) is 3. The third kappa shape index (κ3) is 3.61. The Morgan fingerprint density at radius 1 is 1.42 bits per heavy atom. The van der Waals surface area contributed by atoms with Crippen LogP contribution in [0.25, 0.3) is 0 Å². The lowest BCUT2D eigenvalue weighted by atomic mass is 9.94. The number of carboxylic acids is 1. The van der Waals surface area contributed by atoms with Gasteiger partial charge in [-0.15, -0.1) is 0 Å². The van der Waals surface area contributed by atoms with Crippen LogP contribution < -0.4 is 10.2 Å². The van der Waals surface area contributed by atoms with Gasteiger partial charge >= 0.3 is 5.97 Å². The first-order chi connectivity index (χ1) is 11.3. The molecule has 0 spiro atoms. The van der Waals surface area contributed by atoms with Crippen molar-refractivity contribution < 1.29 is 19.5 Å². The Bertz CT molecular complexity index is 664. The summed E-state index contributed by atoms with van der Waals surface area (Å²) in [6, 6.07) is 7.31. The topological polar surface area (TPSA) is 86.7 Å². The second-order valence-electron chi connectivity index (χ2n) is 6.16. The van der Waals surface area contributed by atoms with Gasteiger partial charge in [0, 0.05) is 11.0 Å². The molecule has 130 valence electrons. The highest BCUT2D eigenvalue weighted by Gasteiger charge is 2.42. The van der Waals surface area contributed by atoms with Gasteiger partial charge in [-0.2, -0.15) is 0 Å². The van der Waals surface area contributed by atoms with Crippen LogP contribution in [-0.2, 0) is 14.4 Å². The first kappa shape index (κ1) is 18.4. The van der Waals surface area contributed by atoms with E-state index >= 15 is 0 Å². The lowest BCUT2D eigenvalue weighted by molar-refractivity contribution is -0.148. The highest BCUT2D eigenvalue weighted by atomic mass is 79.9. The largest absolute Gasteiger partial charge is 0.480 e. The van der Waals surface area contributed by atoms with Gasteiger partial charge in [-0.3, -0.25) is 9.59 Å². The van der Waals surface area contributed by atoms with E-state index in [1.165, 1.54) is 6.92 Å². The predicted octanol–water partition coefficient (Wildman–Crippen LogP) is 2.56. The van der Waals surface area contributed by atoms with Gasteiger partial charge in [0.15, 0.2) is 0 Å². The lowest BCUT2D eigenvalue weighted by Gasteiger charge is -2.27. The van der Waals surface area contributed by atoms with Crippen molar-refractivity contribution in [2.75, 3.05) is 11.4 Å². The Labute approximate surface area is 149 Å². The Hall–Kier alpha value is -1.89. The number of carbonyl (C=O) groups excluding carboxylic acids is 2. The molecule has 2 atom stereocenters. The van der Waals surface area contributed by atoms with Crippen LogP contribution >= 0.6 is 15.9 Å². The molecule has 2 unspecified atom stereocenters. The van der Waals surface area contributed by atoms with E-state index in [1.807, 2.05) is 25.1 Å². The fourth-order valence-electron chi connectivity index (χ4n) is 2.91. The van der Waals surface area contributed by atoms with Crippen LogP contribution in [0.5, 0.6) is 0 Å². The van der Waals surface area contributed by atoms with Gasteiger partial charge in [0.1, 0.15) is 11.5 Å². The molecule has 6 nitrogen and oxygen atoms in total. The first-order valence-corrected chi connectivity index (χ1v) is 8.71. The molecule has 2 N–H and O–H groups in total. The molecular formula is C17H21BrN2O4. The average Bonchev–Trinajstić information content (AvgIpc) is 2.89. The molecule has 0 radical (unpaired) electrons. The zero-order valence-corrected chi connectivity index (χ0v) is 15.3. The minimum atomic E-state index is -1.35. The van der Waals surface area contributed by atoms with Crippen molar-refractivity contribution in [2.24, 2.45) is 5.92 Å². The van der Waals surface area contributed by atoms with Gasteiger partial charge in [0.2, 0.25) is 11.8 Å². The highest BCUT2D eigenvalue weighted by Crippen LogP contribution is 2.31. The molecule has 2 amide bonds. The maximum absolute atomic E-state index is 12.6. The summed E-state index contributed by atoms with van der Waals surface area (Å²) in [5.41, 5.74) is -0.639. The summed E-state index contributed by atoms with van der Waals surface area (Å²) < 4.78 is 0.778. The Morgan fingerprint density at radius 3 is 2.67 bits per heavy atom. The molecule has 7 heteroatoms. The van der Waals surface area contributed by atoms with Crippen molar-refractivity contribution >= 4 is 39.4 Å². The molecule has 1 aliphatic heterocycles. The quantitative estimate of drug-likeness (QED) is 0.723. The van der Waals surface area contributed by atoms with Crippen LogP contribution in [-0.4, -0.2) is 35.0 Å². The number of nitrogens with zero attached hydrogens (tertiary/aromatic N) is 1. The minimum absolute atomic E-state index is 0.302. The summed E-state index contributed by atoms with van der Waals surface area (Å²) in [4.78, 5) is 38.1. The van der Waals surface area contributed by atoms with E-state index < -0.39 is 23.3 Å². The zero-order valence-electron chi connectivity index (χ0n) is 13.7. The summed E-state index contributed by atoms with van der Waals surface area (Å²) in [5.74, 6) is -2.77. The molecule has 0 aromatic heterocycles. The predicted molar refractivity (Wildman–Crippen MR) is 93.7 cm³/mol. The van der Waals surface area contributed by atoms with Crippen molar-refractivity contribution in [3.8, 4) is 0 Å². The second kappa shape index (κ2) is 7.34. The van der Waals surface area contributed by atoms with Crippen LogP contribution in [0.2, 0.25) is 0 Å². The van der Waals surface area contributed by atoms with Gasteiger partial charge in [0.05, 0.1) is 5.69 Å². The van der Waals surface area contributed by atoms with E-state index in [9.17, 15) is 19.5 Å². The van der Waals surface area contributed by atoms with Crippen LogP contribution in [0.4, 0.5) is 5.69 Å². The third-order valence-corrected chi connectivity index (χ3v) is 4.96. The number of benzene rings is 1. The summed E-state index contributed by atoms with van der Waals surface area (Å²) in [5, 5.41) is 11.9. The van der Waals surface area contributed by atoms with Crippen LogP contribution in [0, 0.1) is 5.92 Å². The molecule has 1 heterocycles. The van der Waals surface area contributed by atoms with E-state index in [1.54, 1.807) is 11.0 Å². The van der Waals surface area contributed by atoms with E-state index in [0.29, 0.717) is 31.5 Å². The number of halogens is 1. The molecule has 24 heavy (non-hydrogen) atoms. The van der Waals surface area contributed by atoms with E-state index in [-0.39, 0.29) is 5.91 Å². The number of para-hydroxylation sites is 1. The molecule has 1 aromatic rings. The number of aliphatic carboxylic acids is 1. The van der Waals surface area contributed by atoms with Crippen molar-refractivity contribution in [2.45, 2.75) is 38.6 Å². The Morgan fingerprint density at radius 2 is 2.08 bits per heavy atom. The number of amides is 2. The number of carbonyl (C=O) groups is 3. The lowest BCUT2D eigenvalue weighted by Crippen LogP contribution is -2.54. The molecule has 1 fully saturated rings. The maximum Gasteiger partial charge on any atom is 0.329 e. The molecular weight excluding hydrogens is 376 g/mol. The zero-order chi connectivity index (χ0) is 17.9. The van der Waals surface area contributed by atoms with Crippen molar-refractivity contribution in [1.29, 1.82) is 0 Å². The standard InChI is InChI=1S/C17H21BrN2O4/c1-3-9-17(2,16(23)24)19-14(21)11-8-10-20(15(11)22)13-7-5-4-6-12(13)18/h4-7,11H,3,8-10H2,1-2H3,(H,19,21)(H,23,24). The molecule has 1 aliphatic rings.